The van der Waals surface area contributed by atoms with Gasteiger partial charge in [0.05, 0.1) is 5.69 Å². The minimum atomic E-state index is -0.143. The largest absolute Gasteiger partial charge is 0.298 e. The summed E-state index contributed by atoms with van der Waals surface area (Å²) in [5.41, 5.74) is 8.45. The molecule has 3 nitrogen and oxygen atoms in total. The number of hydrogen-bond donors (Lipinski definition) is 2. The Labute approximate surface area is 90.2 Å². The smallest absolute Gasteiger partial charge is 0.262 e. The normalized spacial score (nSPS) is 9.27. The third kappa shape index (κ3) is 4.31. The zero-order valence-electron chi connectivity index (χ0n) is 9.29. The first-order valence-electron chi connectivity index (χ1n) is 4.85. The molecule has 1 aromatic carbocycles. The highest BCUT2D eigenvalue weighted by Gasteiger charge is 1.95. The number of carbonyl (C=O) groups is 1. The highest BCUT2D eigenvalue weighted by Crippen LogP contribution is 2.06. The number of carbonyl (C=O) groups excluding carboxylic acids is 1. The van der Waals surface area contributed by atoms with Crippen molar-refractivity contribution in [2.75, 3.05) is 5.43 Å². The van der Waals surface area contributed by atoms with E-state index in [1.165, 1.54) is 5.56 Å². The molecule has 15 heavy (non-hydrogen) atoms. The Bertz CT molecular complexity index is 362. The zero-order chi connectivity index (χ0) is 11.3. The summed E-state index contributed by atoms with van der Waals surface area (Å²) < 4.78 is 0. The molecule has 0 aliphatic heterocycles. The summed E-state index contributed by atoms with van der Waals surface area (Å²) in [5, 5.41) is 0. The van der Waals surface area contributed by atoms with E-state index in [1.807, 2.05) is 45.0 Å². The van der Waals surface area contributed by atoms with Crippen LogP contribution >= 0.6 is 0 Å². The molecule has 2 N–H and O–H groups in total. The average molecular weight is 204 g/mol. The lowest BCUT2D eigenvalue weighted by atomic mass is 10.2. The van der Waals surface area contributed by atoms with Crippen molar-refractivity contribution in [2.24, 2.45) is 0 Å². The van der Waals surface area contributed by atoms with Crippen LogP contribution in [0.2, 0.25) is 0 Å². The summed E-state index contributed by atoms with van der Waals surface area (Å²) in [6.45, 7) is 5.78. The number of benzene rings is 1. The van der Waals surface area contributed by atoms with E-state index in [1.54, 1.807) is 6.08 Å². The molecule has 0 aliphatic carbocycles. The number of rotatable bonds is 3. The SMILES string of the molecule is CC(C)=CC(=O)NNc1ccc(C)cc1. The first-order valence-corrected chi connectivity index (χ1v) is 4.85. The van der Waals surface area contributed by atoms with Crippen LogP contribution in [-0.2, 0) is 4.79 Å². The Balaban J connectivity index is 2.47. The fourth-order valence-electron chi connectivity index (χ4n) is 1.07. The van der Waals surface area contributed by atoms with Crippen molar-refractivity contribution in [1.82, 2.24) is 5.43 Å². The highest BCUT2D eigenvalue weighted by atomic mass is 16.2. The van der Waals surface area contributed by atoms with Gasteiger partial charge >= 0.3 is 0 Å². The second-order valence-electron chi connectivity index (χ2n) is 3.70. The molecule has 0 unspecified atom stereocenters. The van der Waals surface area contributed by atoms with Gasteiger partial charge in [-0.15, -0.1) is 0 Å². The van der Waals surface area contributed by atoms with E-state index in [2.05, 4.69) is 10.9 Å². The minimum absolute atomic E-state index is 0.143. The fourth-order valence-corrected chi connectivity index (χ4v) is 1.07. The fraction of sp³-hybridized carbons (Fsp3) is 0.250. The number of aryl methyl sites for hydroxylation is 1. The number of anilines is 1. The van der Waals surface area contributed by atoms with Crippen LogP contribution in [0.25, 0.3) is 0 Å². The van der Waals surface area contributed by atoms with E-state index < -0.39 is 0 Å². The van der Waals surface area contributed by atoms with Crippen LogP contribution in [0.5, 0.6) is 0 Å². The molecule has 1 rings (SSSR count). The van der Waals surface area contributed by atoms with Crippen LogP contribution in [0.3, 0.4) is 0 Å². The highest BCUT2D eigenvalue weighted by molar-refractivity contribution is 5.88. The molecule has 0 atom stereocenters. The van der Waals surface area contributed by atoms with Crippen molar-refractivity contribution in [1.29, 1.82) is 0 Å². The number of hydrazine groups is 1. The Hall–Kier alpha value is -1.77. The first-order chi connectivity index (χ1) is 7.08. The second kappa shape index (κ2) is 5.20. The lowest BCUT2D eigenvalue weighted by molar-refractivity contribution is -0.116. The van der Waals surface area contributed by atoms with Crippen LogP contribution in [0.1, 0.15) is 19.4 Å². The average Bonchev–Trinajstić information content (AvgIpc) is 2.16. The van der Waals surface area contributed by atoms with E-state index in [-0.39, 0.29) is 5.91 Å². The molecule has 80 valence electrons. The summed E-state index contributed by atoms with van der Waals surface area (Å²) in [5.74, 6) is -0.143. The molecular formula is C12H16N2O. The van der Waals surface area contributed by atoms with Crippen LogP contribution in [-0.4, -0.2) is 5.91 Å². The molecule has 0 heterocycles. The standard InChI is InChI=1S/C12H16N2O/c1-9(2)8-12(15)14-13-11-6-4-10(3)5-7-11/h4-8,13H,1-3H3,(H,14,15). The summed E-state index contributed by atoms with van der Waals surface area (Å²) in [4.78, 5) is 11.2. The number of hydrogen-bond acceptors (Lipinski definition) is 2. The third-order valence-corrected chi connectivity index (χ3v) is 1.80. The predicted molar refractivity (Wildman–Crippen MR) is 62.4 cm³/mol. The molecule has 0 aromatic heterocycles. The Morgan fingerprint density at radius 1 is 1.20 bits per heavy atom. The van der Waals surface area contributed by atoms with Gasteiger partial charge in [0.25, 0.3) is 5.91 Å². The predicted octanol–water partition coefficient (Wildman–Crippen LogP) is 2.40. The lowest BCUT2D eigenvalue weighted by Gasteiger charge is -2.06. The van der Waals surface area contributed by atoms with Gasteiger partial charge in [0.1, 0.15) is 0 Å². The zero-order valence-corrected chi connectivity index (χ0v) is 9.29. The van der Waals surface area contributed by atoms with Crippen molar-refractivity contribution < 1.29 is 4.79 Å². The molecule has 0 bridgehead atoms. The maximum atomic E-state index is 11.2. The van der Waals surface area contributed by atoms with Gasteiger partial charge in [0.2, 0.25) is 0 Å². The number of nitrogens with one attached hydrogen (secondary N) is 2. The maximum Gasteiger partial charge on any atom is 0.262 e. The Morgan fingerprint density at radius 2 is 1.80 bits per heavy atom. The molecule has 0 spiro atoms. The van der Waals surface area contributed by atoms with Gasteiger partial charge in [-0.2, -0.15) is 0 Å². The summed E-state index contributed by atoms with van der Waals surface area (Å²) in [6, 6.07) is 7.79. The summed E-state index contributed by atoms with van der Waals surface area (Å²) >= 11 is 0. The van der Waals surface area contributed by atoms with Gasteiger partial charge in [0, 0.05) is 6.08 Å². The monoisotopic (exact) mass is 204 g/mol. The summed E-state index contributed by atoms with van der Waals surface area (Å²) in [7, 11) is 0. The van der Waals surface area contributed by atoms with E-state index in [4.69, 9.17) is 0 Å². The Morgan fingerprint density at radius 3 is 2.33 bits per heavy atom. The molecule has 0 saturated carbocycles. The topological polar surface area (TPSA) is 41.1 Å². The molecule has 0 aliphatic rings. The third-order valence-electron chi connectivity index (χ3n) is 1.80. The van der Waals surface area contributed by atoms with Gasteiger partial charge in [0.15, 0.2) is 0 Å². The van der Waals surface area contributed by atoms with Crippen LogP contribution in [0.15, 0.2) is 35.9 Å². The minimum Gasteiger partial charge on any atom is -0.298 e. The van der Waals surface area contributed by atoms with Gasteiger partial charge in [-0.05, 0) is 32.9 Å². The second-order valence-corrected chi connectivity index (χ2v) is 3.70. The number of amides is 1. The van der Waals surface area contributed by atoms with Crippen LogP contribution in [0, 0.1) is 6.92 Å². The van der Waals surface area contributed by atoms with Gasteiger partial charge in [-0.3, -0.25) is 15.6 Å². The summed E-state index contributed by atoms with van der Waals surface area (Å²) in [6.07, 6.45) is 1.54. The molecule has 0 radical (unpaired) electrons. The van der Waals surface area contributed by atoms with E-state index >= 15 is 0 Å². The van der Waals surface area contributed by atoms with Crippen molar-refractivity contribution in [3.05, 3.63) is 41.5 Å². The van der Waals surface area contributed by atoms with Gasteiger partial charge < -0.3 is 0 Å². The molecule has 0 saturated heterocycles. The van der Waals surface area contributed by atoms with Crippen molar-refractivity contribution >= 4 is 11.6 Å². The molecule has 1 amide bonds. The molecule has 0 fully saturated rings. The molecule has 3 heteroatoms. The van der Waals surface area contributed by atoms with Crippen LogP contribution in [0.4, 0.5) is 5.69 Å². The van der Waals surface area contributed by atoms with Crippen molar-refractivity contribution in [3.8, 4) is 0 Å². The maximum absolute atomic E-state index is 11.2. The molecular weight excluding hydrogens is 188 g/mol. The van der Waals surface area contributed by atoms with Gasteiger partial charge in [-0.25, -0.2) is 0 Å². The quantitative estimate of drug-likeness (QED) is 0.586. The van der Waals surface area contributed by atoms with Crippen molar-refractivity contribution in [3.63, 3.8) is 0 Å². The van der Waals surface area contributed by atoms with E-state index in [0.717, 1.165) is 11.3 Å². The van der Waals surface area contributed by atoms with Crippen molar-refractivity contribution in [2.45, 2.75) is 20.8 Å². The number of allylic oxidation sites excluding steroid dienone is 1. The molecule has 1 aromatic rings. The van der Waals surface area contributed by atoms with E-state index in [9.17, 15) is 4.79 Å². The lowest BCUT2D eigenvalue weighted by Crippen LogP contribution is -2.27. The van der Waals surface area contributed by atoms with Crippen LogP contribution < -0.4 is 10.9 Å². The first kappa shape index (κ1) is 11.3. The Kier molecular flexibility index (Phi) is 3.92. The van der Waals surface area contributed by atoms with Gasteiger partial charge in [-0.1, -0.05) is 23.3 Å². The van der Waals surface area contributed by atoms with E-state index in [0.29, 0.717) is 0 Å².